The summed E-state index contributed by atoms with van der Waals surface area (Å²) < 4.78 is 11.3. The monoisotopic (exact) mass is 285 g/mol. The Kier molecular flexibility index (Phi) is 6.80. The molecular formula is C15H24ClNO2. The van der Waals surface area contributed by atoms with Crippen LogP contribution in [0.4, 0.5) is 0 Å². The lowest BCUT2D eigenvalue weighted by atomic mass is 10.1. The van der Waals surface area contributed by atoms with Gasteiger partial charge in [0.2, 0.25) is 0 Å². The van der Waals surface area contributed by atoms with E-state index in [9.17, 15) is 0 Å². The van der Waals surface area contributed by atoms with Crippen LogP contribution in [0.2, 0.25) is 5.02 Å². The molecule has 0 saturated heterocycles. The lowest BCUT2D eigenvalue weighted by Crippen LogP contribution is -2.26. The van der Waals surface area contributed by atoms with Gasteiger partial charge in [-0.15, -0.1) is 0 Å². The van der Waals surface area contributed by atoms with Gasteiger partial charge in [-0.05, 0) is 45.0 Å². The van der Waals surface area contributed by atoms with Crippen molar-refractivity contribution in [1.82, 2.24) is 5.32 Å². The molecule has 0 heterocycles. The summed E-state index contributed by atoms with van der Waals surface area (Å²) in [5, 5.41) is 3.90. The average Bonchev–Trinajstić information content (AvgIpc) is 2.39. The number of ether oxygens (including phenoxy) is 2. The predicted octanol–water partition coefficient (Wildman–Crippen LogP) is 3.43. The molecule has 0 spiro atoms. The molecule has 0 amide bonds. The SMILES string of the molecule is CNCC(OCCC(C)(C)OC)c1ccc(Cl)cc1. The van der Waals surface area contributed by atoms with Crippen molar-refractivity contribution >= 4 is 11.6 Å². The van der Waals surface area contributed by atoms with Gasteiger partial charge in [-0.2, -0.15) is 0 Å². The zero-order valence-corrected chi connectivity index (χ0v) is 13.0. The minimum Gasteiger partial charge on any atom is -0.379 e. The van der Waals surface area contributed by atoms with E-state index in [2.05, 4.69) is 19.2 Å². The van der Waals surface area contributed by atoms with Gasteiger partial charge >= 0.3 is 0 Å². The smallest absolute Gasteiger partial charge is 0.0949 e. The molecule has 0 aliphatic rings. The molecule has 1 aromatic carbocycles. The molecule has 4 heteroatoms. The zero-order valence-electron chi connectivity index (χ0n) is 12.2. The van der Waals surface area contributed by atoms with Gasteiger partial charge < -0.3 is 14.8 Å². The Morgan fingerprint density at radius 1 is 1.26 bits per heavy atom. The summed E-state index contributed by atoms with van der Waals surface area (Å²) in [4.78, 5) is 0. The fraction of sp³-hybridized carbons (Fsp3) is 0.600. The first-order valence-corrected chi connectivity index (χ1v) is 6.93. The van der Waals surface area contributed by atoms with E-state index in [1.807, 2.05) is 31.3 Å². The topological polar surface area (TPSA) is 30.5 Å². The number of hydrogen-bond donors (Lipinski definition) is 1. The summed E-state index contributed by atoms with van der Waals surface area (Å²) >= 11 is 5.90. The Hall–Kier alpha value is -0.610. The van der Waals surface area contributed by atoms with Gasteiger partial charge in [0.25, 0.3) is 0 Å². The quantitative estimate of drug-likeness (QED) is 0.794. The lowest BCUT2D eigenvalue weighted by Gasteiger charge is -2.25. The zero-order chi connectivity index (χ0) is 14.3. The van der Waals surface area contributed by atoms with E-state index < -0.39 is 0 Å². The minimum atomic E-state index is -0.149. The molecule has 0 radical (unpaired) electrons. The summed E-state index contributed by atoms with van der Waals surface area (Å²) in [5.74, 6) is 0. The van der Waals surface area contributed by atoms with E-state index in [1.54, 1.807) is 7.11 Å². The molecule has 1 rings (SSSR count). The van der Waals surface area contributed by atoms with Crippen LogP contribution in [0.25, 0.3) is 0 Å². The maximum absolute atomic E-state index is 5.96. The highest BCUT2D eigenvalue weighted by Crippen LogP contribution is 2.21. The molecule has 0 saturated carbocycles. The van der Waals surface area contributed by atoms with Gasteiger partial charge in [0.15, 0.2) is 0 Å². The summed E-state index contributed by atoms with van der Waals surface area (Å²) in [7, 11) is 3.65. The number of halogens is 1. The standard InChI is InChI=1S/C15H24ClNO2/c1-15(2,18-4)9-10-19-14(11-17-3)12-5-7-13(16)8-6-12/h5-8,14,17H,9-11H2,1-4H3. The van der Waals surface area contributed by atoms with Crippen molar-refractivity contribution in [2.24, 2.45) is 0 Å². The number of methoxy groups -OCH3 is 1. The molecule has 19 heavy (non-hydrogen) atoms. The Morgan fingerprint density at radius 3 is 2.42 bits per heavy atom. The molecule has 1 N–H and O–H groups in total. The highest BCUT2D eigenvalue weighted by molar-refractivity contribution is 6.30. The van der Waals surface area contributed by atoms with Crippen molar-refractivity contribution in [1.29, 1.82) is 0 Å². The van der Waals surface area contributed by atoms with Crippen LogP contribution in [0.5, 0.6) is 0 Å². The van der Waals surface area contributed by atoms with Crippen LogP contribution in [-0.4, -0.2) is 32.9 Å². The van der Waals surface area contributed by atoms with Crippen molar-refractivity contribution in [2.75, 3.05) is 27.3 Å². The number of hydrogen-bond acceptors (Lipinski definition) is 3. The van der Waals surface area contributed by atoms with Gasteiger partial charge in [0, 0.05) is 18.7 Å². The van der Waals surface area contributed by atoms with Crippen LogP contribution in [-0.2, 0) is 9.47 Å². The fourth-order valence-corrected chi connectivity index (χ4v) is 1.81. The Labute approximate surface area is 121 Å². The molecule has 1 unspecified atom stereocenters. The molecule has 0 bridgehead atoms. The third-order valence-corrected chi connectivity index (χ3v) is 3.46. The Balaban J connectivity index is 2.56. The highest BCUT2D eigenvalue weighted by atomic mass is 35.5. The average molecular weight is 286 g/mol. The van der Waals surface area contributed by atoms with Crippen LogP contribution in [0.3, 0.4) is 0 Å². The molecule has 0 fully saturated rings. The second-order valence-corrected chi connectivity index (χ2v) is 5.62. The van der Waals surface area contributed by atoms with E-state index >= 15 is 0 Å². The first-order valence-electron chi connectivity index (χ1n) is 6.55. The van der Waals surface area contributed by atoms with Crippen LogP contribution in [0, 0.1) is 0 Å². The molecule has 1 atom stereocenters. The number of nitrogens with one attached hydrogen (secondary N) is 1. The minimum absolute atomic E-state index is 0.0370. The molecule has 3 nitrogen and oxygen atoms in total. The van der Waals surface area contributed by atoms with Crippen molar-refractivity contribution in [3.63, 3.8) is 0 Å². The Morgan fingerprint density at radius 2 is 1.89 bits per heavy atom. The van der Waals surface area contributed by atoms with Gasteiger partial charge in [0.1, 0.15) is 0 Å². The Bertz CT molecular complexity index is 365. The van der Waals surface area contributed by atoms with Crippen molar-refractivity contribution < 1.29 is 9.47 Å². The maximum Gasteiger partial charge on any atom is 0.0949 e. The summed E-state index contributed by atoms with van der Waals surface area (Å²) in [6, 6.07) is 7.79. The number of rotatable bonds is 8. The van der Waals surface area contributed by atoms with Crippen LogP contribution in [0.15, 0.2) is 24.3 Å². The van der Waals surface area contributed by atoms with E-state index in [0.717, 1.165) is 23.6 Å². The van der Waals surface area contributed by atoms with Crippen LogP contribution >= 0.6 is 11.6 Å². The van der Waals surface area contributed by atoms with Gasteiger partial charge in [-0.3, -0.25) is 0 Å². The maximum atomic E-state index is 5.96. The molecular weight excluding hydrogens is 262 g/mol. The van der Waals surface area contributed by atoms with Crippen LogP contribution in [0.1, 0.15) is 31.9 Å². The third-order valence-electron chi connectivity index (χ3n) is 3.21. The van der Waals surface area contributed by atoms with E-state index in [0.29, 0.717) is 6.61 Å². The lowest BCUT2D eigenvalue weighted by molar-refractivity contribution is -0.0269. The van der Waals surface area contributed by atoms with Gasteiger partial charge in [-0.25, -0.2) is 0 Å². The van der Waals surface area contributed by atoms with E-state index in [4.69, 9.17) is 21.1 Å². The van der Waals surface area contributed by atoms with Crippen molar-refractivity contribution in [3.05, 3.63) is 34.9 Å². The fourth-order valence-electron chi connectivity index (χ4n) is 1.68. The predicted molar refractivity (Wildman–Crippen MR) is 79.8 cm³/mol. The molecule has 0 aliphatic heterocycles. The third kappa shape index (κ3) is 5.91. The molecule has 108 valence electrons. The van der Waals surface area contributed by atoms with E-state index in [-0.39, 0.29) is 11.7 Å². The first-order chi connectivity index (χ1) is 8.98. The van der Waals surface area contributed by atoms with Crippen molar-refractivity contribution in [3.8, 4) is 0 Å². The van der Waals surface area contributed by atoms with Gasteiger partial charge in [-0.1, -0.05) is 23.7 Å². The highest BCUT2D eigenvalue weighted by Gasteiger charge is 2.18. The molecule has 0 aliphatic carbocycles. The second kappa shape index (κ2) is 7.85. The number of benzene rings is 1. The van der Waals surface area contributed by atoms with Crippen molar-refractivity contribution in [2.45, 2.75) is 32.0 Å². The molecule has 1 aromatic rings. The normalized spacial score (nSPS) is 13.5. The first kappa shape index (κ1) is 16.4. The van der Waals surface area contributed by atoms with Gasteiger partial charge in [0.05, 0.1) is 18.3 Å². The summed E-state index contributed by atoms with van der Waals surface area (Å²) in [6.07, 6.45) is 0.895. The summed E-state index contributed by atoms with van der Waals surface area (Å²) in [5.41, 5.74) is 0.985. The second-order valence-electron chi connectivity index (χ2n) is 5.18. The summed E-state index contributed by atoms with van der Waals surface area (Å²) in [6.45, 7) is 5.56. The largest absolute Gasteiger partial charge is 0.379 e. The van der Waals surface area contributed by atoms with E-state index in [1.165, 1.54) is 0 Å². The van der Waals surface area contributed by atoms with Crippen LogP contribution < -0.4 is 5.32 Å². The number of likely N-dealkylation sites (N-methyl/N-ethyl adjacent to an activating group) is 1. The molecule has 0 aromatic heterocycles.